The Morgan fingerprint density at radius 2 is 1.85 bits per heavy atom. The number of benzene rings is 1. The Labute approximate surface area is 143 Å². The summed E-state index contributed by atoms with van der Waals surface area (Å²) in [6.07, 6.45) is -4.66. The summed E-state index contributed by atoms with van der Waals surface area (Å²) in [6.45, 7) is -1.36. The summed E-state index contributed by atoms with van der Waals surface area (Å²) in [5.74, 6) is -3.35. The first-order valence-corrected chi connectivity index (χ1v) is 7.42. The van der Waals surface area contributed by atoms with Gasteiger partial charge in [0.15, 0.2) is 11.1 Å². The molecule has 1 saturated heterocycles. The second-order valence-corrected chi connectivity index (χ2v) is 5.86. The molecule has 1 N–H and O–H groups in total. The fourth-order valence-electron chi connectivity index (χ4n) is 2.73. The van der Waals surface area contributed by atoms with E-state index in [-0.39, 0.29) is 12.2 Å². The fourth-order valence-corrected chi connectivity index (χ4v) is 2.73. The number of halogens is 4. The largest absolute Gasteiger partial charge is 0.481 e. The van der Waals surface area contributed by atoms with E-state index in [1.165, 1.54) is 12.1 Å². The highest BCUT2D eigenvalue weighted by Gasteiger charge is 2.64. The van der Waals surface area contributed by atoms with Crippen LogP contribution in [0.2, 0.25) is 0 Å². The molecule has 2 aromatic rings. The lowest BCUT2D eigenvalue weighted by atomic mass is 9.86. The van der Waals surface area contributed by atoms with Crippen molar-refractivity contribution in [1.82, 2.24) is 19.9 Å². The van der Waals surface area contributed by atoms with Gasteiger partial charge >= 0.3 is 12.1 Å². The second-order valence-electron chi connectivity index (χ2n) is 5.86. The molecule has 1 unspecified atom stereocenters. The van der Waals surface area contributed by atoms with E-state index in [1.807, 2.05) is 0 Å². The number of carboxylic acids is 1. The van der Waals surface area contributed by atoms with Crippen LogP contribution in [-0.2, 0) is 4.79 Å². The zero-order valence-corrected chi connectivity index (χ0v) is 13.1. The van der Waals surface area contributed by atoms with Gasteiger partial charge in [0.2, 0.25) is 0 Å². The van der Waals surface area contributed by atoms with Crippen LogP contribution < -0.4 is 0 Å². The van der Waals surface area contributed by atoms with Crippen molar-refractivity contribution in [3.05, 3.63) is 42.0 Å². The lowest BCUT2D eigenvalue weighted by Crippen LogP contribution is -2.47. The molecule has 3 rings (SSSR count). The van der Waals surface area contributed by atoms with Crippen molar-refractivity contribution in [2.24, 2.45) is 5.41 Å². The summed E-state index contributed by atoms with van der Waals surface area (Å²) in [5.41, 5.74) is -2.88. The quantitative estimate of drug-likeness (QED) is 0.832. The molecule has 11 heteroatoms. The van der Waals surface area contributed by atoms with Crippen LogP contribution in [0, 0.1) is 11.2 Å². The average molecular weight is 372 g/mol. The number of hydrogen-bond acceptors (Lipinski definition) is 4. The minimum absolute atomic E-state index is 0.238. The third kappa shape index (κ3) is 2.89. The van der Waals surface area contributed by atoms with Crippen LogP contribution in [-0.4, -0.2) is 56.1 Å². The van der Waals surface area contributed by atoms with E-state index in [1.54, 1.807) is 0 Å². The number of likely N-dealkylation sites (tertiary alicyclic amines) is 1. The highest BCUT2D eigenvalue weighted by atomic mass is 19.4. The Kier molecular flexibility index (Phi) is 4.17. The summed E-state index contributed by atoms with van der Waals surface area (Å²) in [6, 6.07) is 5.04. The highest BCUT2D eigenvalue weighted by Crippen LogP contribution is 2.45. The topological polar surface area (TPSA) is 88.3 Å². The predicted molar refractivity (Wildman–Crippen MR) is 78.0 cm³/mol. The van der Waals surface area contributed by atoms with E-state index in [4.69, 9.17) is 5.11 Å². The van der Waals surface area contributed by atoms with Crippen molar-refractivity contribution in [3.63, 3.8) is 0 Å². The molecule has 0 spiro atoms. The standard InChI is InChI=1S/C15H12F4N4O3/c16-9-1-3-10(4-2-9)23-20-7-11(21-23)12(24)22-6-5-14(8-22,13(25)26)15(17,18)19/h1-4,7H,5-6,8H2,(H,25,26). The van der Waals surface area contributed by atoms with E-state index >= 15 is 0 Å². The Bertz CT molecular complexity index is 849. The lowest BCUT2D eigenvalue weighted by Gasteiger charge is -2.26. The summed E-state index contributed by atoms with van der Waals surface area (Å²) in [4.78, 5) is 25.4. The molecule has 0 radical (unpaired) electrons. The van der Waals surface area contributed by atoms with E-state index in [2.05, 4.69) is 10.2 Å². The van der Waals surface area contributed by atoms with E-state index in [9.17, 15) is 27.2 Å². The number of rotatable bonds is 3. The van der Waals surface area contributed by atoms with Crippen molar-refractivity contribution in [2.75, 3.05) is 13.1 Å². The van der Waals surface area contributed by atoms with Gasteiger partial charge in [-0.15, -0.1) is 5.10 Å². The maximum atomic E-state index is 13.2. The van der Waals surface area contributed by atoms with Gasteiger partial charge in [-0.1, -0.05) is 0 Å². The van der Waals surface area contributed by atoms with Crippen LogP contribution in [0.15, 0.2) is 30.5 Å². The Hall–Kier alpha value is -2.98. The molecule has 1 aromatic heterocycles. The van der Waals surface area contributed by atoms with Gasteiger partial charge in [-0.3, -0.25) is 9.59 Å². The van der Waals surface area contributed by atoms with Crippen molar-refractivity contribution in [3.8, 4) is 5.69 Å². The number of alkyl halides is 3. The van der Waals surface area contributed by atoms with Gasteiger partial charge in [-0.2, -0.15) is 23.1 Å². The van der Waals surface area contributed by atoms with Gasteiger partial charge in [0.1, 0.15) is 5.82 Å². The van der Waals surface area contributed by atoms with Crippen LogP contribution in [0.4, 0.5) is 17.6 Å². The van der Waals surface area contributed by atoms with Gasteiger partial charge in [-0.25, -0.2) is 4.39 Å². The molecule has 1 amide bonds. The SMILES string of the molecule is O=C(c1cnn(-c2ccc(F)cc2)n1)N1CCC(C(=O)O)(C(F)(F)F)C1. The first-order valence-electron chi connectivity index (χ1n) is 7.42. The minimum Gasteiger partial charge on any atom is -0.481 e. The molecule has 7 nitrogen and oxygen atoms in total. The molecule has 0 bridgehead atoms. The molecule has 1 aliphatic heterocycles. The fraction of sp³-hybridized carbons (Fsp3) is 0.333. The first-order chi connectivity index (χ1) is 12.1. The number of hydrogen-bond donors (Lipinski definition) is 1. The maximum absolute atomic E-state index is 13.2. The maximum Gasteiger partial charge on any atom is 0.406 e. The molecule has 1 fully saturated rings. The van der Waals surface area contributed by atoms with E-state index in [0.717, 1.165) is 28.0 Å². The molecule has 0 saturated carbocycles. The van der Waals surface area contributed by atoms with Crippen LogP contribution in [0.25, 0.3) is 5.69 Å². The molecule has 2 heterocycles. The van der Waals surface area contributed by atoms with Gasteiger partial charge in [0.05, 0.1) is 11.9 Å². The molecule has 26 heavy (non-hydrogen) atoms. The summed E-state index contributed by atoms with van der Waals surface area (Å²) < 4.78 is 52.5. The highest BCUT2D eigenvalue weighted by molar-refractivity contribution is 5.93. The molecule has 1 atom stereocenters. The zero-order chi connectivity index (χ0) is 19.1. The Balaban J connectivity index is 1.81. The predicted octanol–water partition coefficient (Wildman–Crippen LogP) is 1.89. The molecular formula is C15H12F4N4O3. The Morgan fingerprint density at radius 3 is 2.38 bits per heavy atom. The van der Waals surface area contributed by atoms with E-state index < -0.39 is 42.3 Å². The van der Waals surface area contributed by atoms with Crippen LogP contribution >= 0.6 is 0 Å². The molecule has 138 valence electrons. The number of carbonyl (C=O) groups excluding carboxylic acids is 1. The zero-order valence-electron chi connectivity index (χ0n) is 13.1. The lowest BCUT2D eigenvalue weighted by molar-refractivity contribution is -0.227. The minimum atomic E-state index is -4.99. The number of carbonyl (C=O) groups is 2. The number of carboxylic acid groups (broad SMARTS) is 1. The van der Waals surface area contributed by atoms with Crippen LogP contribution in [0.1, 0.15) is 16.9 Å². The number of aliphatic carboxylic acids is 1. The van der Waals surface area contributed by atoms with E-state index in [0.29, 0.717) is 5.69 Å². The molecular weight excluding hydrogens is 360 g/mol. The third-order valence-corrected chi connectivity index (χ3v) is 4.28. The number of nitrogens with zero attached hydrogens (tertiary/aromatic N) is 4. The van der Waals surface area contributed by atoms with Crippen molar-refractivity contribution >= 4 is 11.9 Å². The molecule has 0 aliphatic carbocycles. The normalized spacial score (nSPS) is 20.4. The monoisotopic (exact) mass is 372 g/mol. The van der Waals surface area contributed by atoms with Crippen molar-refractivity contribution in [1.29, 1.82) is 0 Å². The second kappa shape index (κ2) is 6.07. The van der Waals surface area contributed by atoms with Gasteiger partial charge < -0.3 is 10.0 Å². The van der Waals surface area contributed by atoms with Crippen LogP contribution in [0.3, 0.4) is 0 Å². The van der Waals surface area contributed by atoms with Crippen molar-refractivity contribution in [2.45, 2.75) is 12.6 Å². The summed E-state index contributed by atoms with van der Waals surface area (Å²) in [7, 11) is 0. The van der Waals surface area contributed by atoms with Crippen molar-refractivity contribution < 1.29 is 32.3 Å². The smallest absolute Gasteiger partial charge is 0.406 e. The summed E-state index contributed by atoms with van der Waals surface area (Å²) >= 11 is 0. The van der Waals surface area contributed by atoms with Gasteiger partial charge in [0.25, 0.3) is 5.91 Å². The average Bonchev–Trinajstić information content (AvgIpc) is 3.22. The molecule has 1 aromatic carbocycles. The number of amides is 1. The Morgan fingerprint density at radius 1 is 1.19 bits per heavy atom. The number of aromatic nitrogens is 3. The third-order valence-electron chi connectivity index (χ3n) is 4.28. The first kappa shape index (κ1) is 17.8. The van der Waals surface area contributed by atoms with Gasteiger partial charge in [-0.05, 0) is 30.7 Å². The van der Waals surface area contributed by atoms with Crippen LogP contribution in [0.5, 0.6) is 0 Å². The summed E-state index contributed by atoms with van der Waals surface area (Å²) in [5, 5.41) is 16.7. The molecule has 1 aliphatic rings. The van der Waals surface area contributed by atoms with Gasteiger partial charge in [0, 0.05) is 13.1 Å².